The Hall–Kier alpha value is -0.140. The normalized spacial score (nSPS) is 29.8. The summed E-state index contributed by atoms with van der Waals surface area (Å²) in [5.74, 6) is 0. The van der Waals surface area contributed by atoms with E-state index in [1.807, 2.05) is 0 Å². The van der Waals surface area contributed by atoms with Gasteiger partial charge in [-0.1, -0.05) is 5.11 Å². The second-order valence-electron chi connectivity index (χ2n) is 5.90. The van der Waals surface area contributed by atoms with Crippen LogP contribution in [0.25, 0.3) is 10.4 Å². The molecule has 1 fully saturated rings. The van der Waals surface area contributed by atoms with Crippen molar-refractivity contribution in [2.75, 3.05) is 13.3 Å². The first-order chi connectivity index (χ1) is 15.7. The number of ether oxygens (including phenoxy) is 1. The van der Waals surface area contributed by atoms with Crippen LogP contribution in [0.15, 0.2) is 5.11 Å². The molecule has 28 heteroatoms. The van der Waals surface area contributed by atoms with Crippen LogP contribution in [-0.2, 0) is 59.1 Å². The third-order valence-electron chi connectivity index (χ3n) is 3.21. The van der Waals surface area contributed by atoms with Gasteiger partial charge in [-0.05, 0) is 12.5 Å². The highest BCUT2D eigenvalue weighted by Crippen LogP contribution is 2.67. The minimum atomic E-state index is -5.95. The largest absolute Gasteiger partial charge is 0.508 e. The van der Waals surface area contributed by atoms with Crippen molar-refractivity contribution in [3.63, 3.8) is 0 Å². The predicted octanol–water partition coefficient (Wildman–Crippen LogP) is 0.296. The second kappa shape index (κ2) is 12.6. The number of phosphoric acid groups is 5. The van der Waals surface area contributed by atoms with E-state index in [1.54, 1.807) is 0 Å². The fraction of sp³-hybridized carbons (Fsp3) is 1.00. The summed E-state index contributed by atoms with van der Waals surface area (Å²) in [6, 6.07) is 0. The molecule has 23 nitrogen and oxygen atoms in total. The molecule has 8 atom stereocenters. The third kappa shape index (κ3) is 12.8. The van der Waals surface area contributed by atoms with E-state index in [9.17, 15) is 42.6 Å². The zero-order valence-corrected chi connectivity index (χ0v) is 21.2. The molecule has 7 N–H and O–H groups in total. The Kier molecular flexibility index (Phi) is 11.8. The minimum Gasteiger partial charge on any atom is -0.388 e. The minimum absolute atomic E-state index is 0.940. The van der Waals surface area contributed by atoms with Gasteiger partial charge in [0.15, 0.2) is 0 Å². The maximum atomic E-state index is 11.9. The lowest BCUT2D eigenvalue weighted by molar-refractivity contribution is -0.149. The van der Waals surface area contributed by atoms with Gasteiger partial charge in [0, 0.05) is 4.91 Å². The first kappa shape index (κ1) is 32.9. The summed E-state index contributed by atoms with van der Waals surface area (Å²) >= 11 is 0. The molecule has 5 unspecified atom stereocenters. The van der Waals surface area contributed by atoms with Crippen LogP contribution >= 0.6 is 39.1 Å². The first-order valence-electron chi connectivity index (χ1n) is 8.17. The Morgan fingerprint density at radius 3 is 2.00 bits per heavy atom. The Morgan fingerprint density at radius 1 is 0.886 bits per heavy atom. The number of nitrogens with zero attached hydrogens (tertiary/aromatic N) is 3. The summed E-state index contributed by atoms with van der Waals surface area (Å²) in [4.78, 5) is 56.3. The van der Waals surface area contributed by atoms with E-state index < -0.39 is 76.9 Å². The van der Waals surface area contributed by atoms with Crippen LogP contribution in [0.5, 0.6) is 0 Å². The first-order valence-corrected chi connectivity index (χ1v) is 15.7. The molecule has 0 radical (unpaired) electrons. The van der Waals surface area contributed by atoms with Gasteiger partial charge in [0.1, 0.15) is 25.0 Å². The van der Waals surface area contributed by atoms with Crippen molar-refractivity contribution in [1.29, 1.82) is 0 Å². The van der Waals surface area contributed by atoms with Crippen molar-refractivity contribution >= 4 is 39.1 Å². The summed E-state index contributed by atoms with van der Waals surface area (Å²) < 4.78 is 89.0. The van der Waals surface area contributed by atoms with Crippen LogP contribution in [0.1, 0.15) is 6.92 Å². The van der Waals surface area contributed by atoms with Crippen LogP contribution < -0.4 is 0 Å². The fourth-order valence-corrected chi connectivity index (χ4v) is 6.55. The molecule has 0 aliphatic carbocycles. The van der Waals surface area contributed by atoms with Crippen LogP contribution in [-0.4, -0.2) is 72.2 Å². The molecule has 35 heavy (non-hydrogen) atoms. The van der Waals surface area contributed by atoms with E-state index in [0.29, 0.717) is 0 Å². The van der Waals surface area contributed by atoms with Crippen LogP contribution in [0.3, 0.4) is 0 Å². The van der Waals surface area contributed by atoms with Crippen LogP contribution in [0.2, 0.25) is 0 Å². The number of aliphatic hydroxyl groups is 1. The SMILES string of the molecule is C[C@@H]1O[C@H](COP(=O)(O)OOP(=O)(O)OP(=O)(O)OP(=O)(O)O)C(OP(=O)(O)OCN=[N+]=[N-])[C@@H]1O. The highest BCUT2D eigenvalue weighted by molar-refractivity contribution is 7.66. The van der Waals surface area contributed by atoms with Gasteiger partial charge in [0.05, 0.1) is 12.7 Å². The second-order valence-corrected chi connectivity index (χ2v) is 13.0. The van der Waals surface area contributed by atoms with Crippen molar-refractivity contribution in [3.8, 4) is 0 Å². The molecular formula is C7H18N3O20P5. The summed E-state index contributed by atoms with van der Waals surface area (Å²) in [6.07, 6.45) is -6.05. The molecule has 206 valence electrons. The van der Waals surface area contributed by atoms with E-state index in [4.69, 9.17) is 24.9 Å². The lowest BCUT2D eigenvalue weighted by Gasteiger charge is -2.23. The quantitative estimate of drug-likeness (QED) is 0.0323. The van der Waals surface area contributed by atoms with Gasteiger partial charge in [-0.3, -0.25) is 13.6 Å². The van der Waals surface area contributed by atoms with Gasteiger partial charge in [-0.25, -0.2) is 22.8 Å². The van der Waals surface area contributed by atoms with E-state index in [0.717, 1.165) is 0 Å². The summed E-state index contributed by atoms with van der Waals surface area (Å²) in [6.45, 7) is -0.768. The van der Waals surface area contributed by atoms with Gasteiger partial charge >= 0.3 is 39.1 Å². The van der Waals surface area contributed by atoms with E-state index in [1.165, 1.54) is 6.92 Å². The van der Waals surface area contributed by atoms with Crippen LogP contribution in [0, 0.1) is 0 Å². The number of phosphoric ester groups is 2. The number of hydrogen-bond acceptors (Lipinski definition) is 15. The van der Waals surface area contributed by atoms with Crippen LogP contribution in [0.4, 0.5) is 0 Å². The zero-order chi connectivity index (χ0) is 27.3. The molecule has 0 bridgehead atoms. The Labute approximate surface area is 193 Å². The summed E-state index contributed by atoms with van der Waals surface area (Å²) in [5, 5.41) is 12.9. The monoisotopic (exact) mass is 619 g/mol. The van der Waals surface area contributed by atoms with Gasteiger partial charge in [-0.2, -0.15) is 8.62 Å². The van der Waals surface area contributed by atoms with Gasteiger partial charge in [-0.15, -0.1) is 9.35 Å². The summed E-state index contributed by atoms with van der Waals surface area (Å²) in [7, 11) is -28.1. The number of rotatable bonds is 15. The third-order valence-corrected chi connectivity index (χ3v) is 8.61. The van der Waals surface area contributed by atoms with Gasteiger partial charge in [0.25, 0.3) is 0 Å². The standard InChI is InChI=1S/C7H18N3O20P5/c1-4-6(11)7(26-32(15,16)24-3-9-10-8)5(25-4)2-23-33(17,18)27-28-34(19,20)30-35(21,22)29-31(12,13)14/h4-7,11H,2-3H2,1H3,(H,15,16)(H,17,18)(H,19,20)(H,21,22)(H2,12,13,14)/t4-,5+,6+,7?/m0/s1. The molecule has 0 amide bonds. The molecular weight excluding hydrogens is 601 g/mol. The lowest BCUT2D eigenvalue weighted by Crippen LogP contribution is -2.36. The molecule has 1 aliphatic heterocycles. The Balaban J connectivity index is 2.75. The molecule has 1 rings (SSSR count). The average Bonchev–Trinajstić information content (AvgIpc) is 2.90. The molecule has 0 aromatic heterocycles. The predicted molar refractivity (Wildman–Crippen MR) is 102 cm³/mol. The maximum Gasteiger partial charge on any atom is 0.508 e. The van der Waals surface area contributed by atoms with Gasteiger partial charge in [0.2, 0.25) is 0 Å². The van der Waals surface area contributed by atoms with E-state index in [2.05, 4.69) is 41.6 Å². The Bertz CT molecular complexity index is 1020. The zero-order valence-electron chi connectivity index (χ0n) is 16.7. The number of aliphatic hydroxyl groups excluding tert-OH is 1. The van der Waals surface area contributed by atoms with E-state index >= 15 is 0 Å². The highest BCUT2D eigenvalue weighted by Gasteiger charge is 2.48. The Morgan fingerprint density at radius 2 is 1.46 bits per heavy atom. The topological polar surface area (TPSA) is 350 Å². The van der Waals surface area contributed by atoms with Crippen molar-refractivity contribution in [3.05, 3.63) is 10.4 Å². The molecule has 0 saturated carbocycles. The molecule has 1 aliphatic rings. The maximum absolute atomic E-state index is 11.9. The fourth-order valence-electron chi connectivity index (χ4n) is 2.06. The van der Waals surface area contributed by atoms with Crippen molar-refractivity contribution < 1.29 is 93.6 Å². The molecule has 0 spiro atoms. The lowest BCUT2D eigenvalue weighted by atomic mass is 10.1. The number of hydrogen-bond donors (Lipinski definition) is 7. The van der Waals surface area contributed by atoms with Crippen molar-refractivity contribution in [2.24, 2.45) is 5.11 Å². The molecule has 0 aromatic rings. The summed E-state index contributed by atoms with van der Waals surface area (Å²) in [5.41, 5.74) is 8.12. The molecule has 0 aromatic carbocycles. The van der Waals surface area contributed by atoms with Gasteiger partial charge < -0.3 is 39.2 Å². The molecule has 1 heterocycles. The van der Waals surface area contributed by atoms with Crippen molar-refractivity contribution in [2.45, 2.75) is 31.3 Å². The smallest absolute Gasteiger partial charge is 0.388 e. The van der Waals surface area contributed by atoms with E-state index in [-0.39, 0.29) is 0 Å². The van der Waals surface area contributed by atoms with Crippen molar-refractivity contribution in [1.82, 2.24) is 0 Å². The average molecular weight is 619 g/mol. The molecule has 1 saturated heterocycles. The number of azide groups is 1. The highest BCUT2D eigenvalue weighted by atomic mass is 31.3.